The van der Waals surface area contributed by atoms with Crippen LogP contribution in [0.5, 0.6) is 0 Å². The Hall–Kier alpha value is -3.16. The van der Waals surface area contributed by atoms with E-state index in [-0.39, 0.29) is 17.4 Å². The third kappa shape index (κ3) is 7.51. The number of pyridine rings is 1. The molecule has 1 aromatic heterocycles. The van der Waals surface area contributed by atoms with Gasteiger partial charge < -0.3 is 10.6 Å². The molecule has 166 valence electrons. The smallest absolute Gasteiger partial charge is 0.253 e. The van der Waals surface area contributed by atoms with Gasteiger partial charge in [0.15, 0.2) is 0 Å². The Kier molecular flexibility index (Phi) is 8.03. The first-order valence-electron chi connectivity index (χ1n) is 10.4. The van der Waals surface area contributed by atoms with Crippen molar-refractivity contribution in [3.05, 3.63) is 90.3 Å². The number of nitrogens with zero attached hydrogens (tertiary/aromatic N) is 1. The van der Waals surface area contributed by atoms with Crippen LogP contribution in [0.1, 0.15) is 36.7 Å². The largest absolute Gasteiger partial charge is 0.340 e. The van der Waals surface area contributed by atoms with Crippen molar-refractivity contribution >= 4 is 29.4 Å². The van der Waals surface area contributed by atoms with Gasteiger partial charge in [-0.05, 0) is 74.7 Å². The van der Waals surface area contributed by atoms with E-state index in [1.165, 1.54) is 6.20 Å². The van der Waals surface area contributed by atoms with E-state index in [4.69, 9.17) is 0 Å². The lowest BCUT2D eigenvalue weighted by molar-refractivity contribution is -0.118. The molecule has 2 aromatic carbocycles. The van der Waals surface area contributed by atoms with Crippen LogP contribution in [0.2, 0.25) is 0 Å². The van der Waals surface area contributed by atoms with Crippen LogP contribution in [-0.4, -0.2) is 28.4 Å². The van der Waals surface area contributed by atoms with E-state index in [2.05, 4.69) is 41.1 Å². The molecule has 3 rings (SSSR count). The molecule has 1 atom stereocenters. The highest BCUT2D eigenvalue weighted by Gasteiger charge is 2.22. The lowest BCUT2D eigenvalue weighted by Crippen LogP contribution is -2.45. The molecule has 32 heavy (non-hydrogen) atoms. The van der Waals surface area contributed by atoms with Gasteiger partial charge in [-0.25, -0.2) is 0 Å². The fourth-order valence-corrected chi connectivity index (χ4v) is 3.54. The zero-order chi connectivity index (χ0) is 23.0. The van der Waals surface area contributed by atoms with Crippen molar-refractivity contribution in [2.45, 2.75) is 43.7 Å². The topological polar surface area (TPSA) is 83.1 Å². The van der Waals surface area contributed by atoms with Crippen molar-refractivity contribution in [1.29, 1.82) is 0 Å². The number of aromatic nitrogens is 1. The SMILES string of the molecule is CC(C)(C)NSc1ccc(NC(=O)C(Cc2ccccc2)NC(=O)c2cccnc2)cc1. The minimum absolute atomic E-state index is 0.00526. The summed E-state index contributed by atoms with van der Waals surface area (Å²) in [5, 5.41) is 5.76. The Morgan fingerprint density at radius 1 is 0.969 bits per heavy atom. The summed E-state index contributed by atoms with van der Waals surface area (Å²) in [5.74, 6) is -0.617. The summed E-state index contributed by atoms with van der Waals surface area (Å²) in [6, 6.07) is 19.8. The monoisotopic (exact) mass is 448 g/mol. The van der Waals surface area contributed by atoms with Crippen LogP contribution in [0.15, 0.2) is 84.0 Å². The van der Waals surface area contributed by atoms with E-state index in [1.807, 2.05) is 54.6 Å². The van der Waals surface area contributed by atoms with Gasteiger partial charge in [-0.15, -0.1) is 0 Å². The quantitative estimate of drug-likeness (QED) is 0.443. The highest BCUT2D eigenvalue weighted by Crippen LogP contribution is 2.20. The molecule has 0 fully saturated rings. The first kappa shape index (κ1) is 23.5. The highest BCUT2D eigenvalue weighted by molar-refractivity contribution is 7.97. The lowest BCUT2D eigenvalue weighted by atomic mass is 10.0. The van der Waals surface area contributed by atoms with E-state index >= 15 is 0 Å². The molecule has 0 saturated heterocycles. The minimum atomic E-state index is -0.735. The van der Waals surface area contributed by atoms with Crippen LogP contribution in [0.25, 0.3) is 0 Å². The molecule has 2 amide bonds. The number of benzene rings is 2. The molecule has 3 aromatic rings. The van der Waals surface area contributed by atoms with Gasteiger partial charge in [0.25, 0.3) is 5.91 Å². The number of hydrogen-bond donors (Lipinski definition) is 3. The Bertz CT molecular complexity index is 1020. The fraction of sp³-hybridized carbons (Fsp3) is 0.240. The maximum absolute atomic E-state index is 13.1. The average molecular weight is 449 g/mol. The van der Waals surface area contributed by atoms with Gasteiger partial charge in [0.2, 0.25) is 5.91 Å². The summed E-state index contributed by atoms with van der Waals surface area (Å²) >= 11 is 1.54. The van der Waals surface area contributed by atoms with Gasteiger partial charge >= 0.3 is 0 Å². The van der Waals surface area contributed by atoms with Crippen molar-refractivity contribution in [2.75, 3.05) is 5.32 Å². The van der Waals surface area contributed by atoms with Crippen molar-refractivity contribution < 1.29 is 9.59 Å². The highest BCUT2D eigenvalue weighted by atomic mass is 32.2. The van der Waals surface area contributed by atoms with E-state index in [0.29, 0.717) is 17.7 Å². The van der Waals surface area contributed by atoms with Crippen LogP contribution in [-0.2, 0) is 11.2 Å². The van der Waals surface area contributed by atoms with E-state index in [0.717, 1.165) is 10.5 Å². The van der Waals surface area contributed by atoms with E-state index in [1.54, 1.807) is 30.3 Å². The molecule has 0 saturated carbocycles. The molecule has 0 radical (unpaired) electrons. The van der Waals surface area contributed by atoms with Crippen LogP contribution in [0.4, 0.5) is 5.69 Å². The Labute approximate surface area is 193 Å². The number of anilines is 1. The van der Waals surface area contributed by atoms with Gasteiger partial charge in [-0.1, -0.05) is 30.3 Å². The molecule has 6 nitrogen and oxygen atoms in total. The summed E-state index contributed by atoms with van der Waals surface area (Å²) in [7, 11) is 0. The second-order valence-electron chi connectivity index (χ2n) is 8.43. The molecule has 1 unspecified atom stereocenters. The van der Waals surface area contributed by atoms with Crippen LogP contribution in [0.3, 0.4) is 0 Å². The minimum Gasteiger partial charge on any atom is -0.340 e. The summed E-state index contributed by atoms with van der Waals surface area (Å²) in [6.45, 7) is 6.30. The number of carbonyl (C=O) groups excluding carboxylic acids is 2. The predicted molar refractivity (Wildman–Crippen MR) is 129 cm³/mol. The predicted octanol–water partition coefficient (Wildman–Crippen LogP) is 4.46. The lowest BCUT2D eigenvalue weighted by Gasteiger charge is -2.20. The third-order valence-electron chi connectivity index (χ3n) is 4.43. The molecule has 0 spiro atoms. The first-order chi connectivity index (χ1) is 15.3. The normalized spacial score (nSPS) is 12.1. The maximum Gasteiger partial charge on any atom is 0.253 e. The van der Waals surface area contributed by atoms with Crippen molar-refractivity contribution in [1.82, 2.24) is 15.0 Å². The molecule has 0 aliphatic heterocycles. The van der Waals surface area contributed by atoms with Crippen LogP contribution in [0, 0.1) is 0 Å². The fourth-order valence-electron chi connectivity index (χ4n) is 2.85. The van der Waals surface area contributed by atoms with Gasteiger partial charge in [-0.3, -0.25) is 19.3 Å². The van der Waals surface area contributed by atoms with Gasteiger partial charge in [0, 0.05) is 34.9 Å². The molecule has 7 heteroatoms. The summed E-state index contributed by atoms with van der Waals surface area (Å²) in [4.78, 5) is 30.8. The molecule has 0 aliphatic carbocycles. The van der Waals surface area contributed by atoms with Crippen molar-refractivity contribution in [3.63, 3.8) is 0 Å². The third-order valence-corrected chi connectivity index (χ3v) is 5.65. The number of nitrogens with one attached hydrogen (secondary N) is 3. The second-order valence-corrected chi connectivity index (χ2v) is 9.30. The molecule has 1 heterocycles. The molecule has 3 N–H and O–H groups in total. The van der Waals surface area contributed by atoms with E-state index < -0.39 is 6.04 Å². The summed E-state index contributed by atoms with van der Waals surface area (Å²) in [6.07, 6.45) is 3.46. The molecular weight excluding hydrogens is 420 g/mol. The summed E-state index contributed by atoms with van der Waals surface area (Å²) in [5.41, 5.74) is 2.03. The zero-order valence-electron chi connectivity index (χ0n) is 18.5. The molecular formula is C25H28N4O2S. The maximum atomic E-state index is 13.1. The number of amides is 2. The van der Waals surface area contributed by atoms with E-state index in [9.17, 15) is 9.59 Å². The number of hydrogen-bond acceptors (Lipinski definition) is 5. The molecule has 0 aliphatic rings. The zero-order valence-corrected chi connectivity index (χ0v) is 19.3. The Morgan fingerprint density at radius 2 is 1.69 bits per heavy atom. The Balaban J connectivity index is 1.69. The Morgan fingerprint density at radius 3 is 2.31 bits per heavy atom. The number of carbonyl (C=O) groups is 2. The van der Waals surface area contributed by atoms with Gasteiger partial charge in [-0.2, -0.15) is 0 Å². The molecule has 0 bridgehead atoms. The first-order valence-corrected chi connectivity index (χ1v) is 11.2. The summed E-state index contributed by atoms with van der Waals surface area (Å²) < 4.78 is 3.36. The standard InChI is InChI=1S/C25H28N4O2S/c1-25(2,3)29-32-21-13-11-20(12-14-21)27-24(31)22(16-18-8-5-4-6-9-18)28-23(30)19-10-7-15-26-17-19/h4-15,17,22,29H,16H2,1-3H3,(H,27,31)(H,28,30). The average Bonchev–Trinajstić information content (AvgIpc) is 2.79. The van der Waals surface area contributed by atoms with Gasteiger partial charge in [0.1, 0.15) is 6.04 Å². The second kappa shape index (κ2) is 10.9. The van der Waals surface area contributed by atoms with Crippen molar-refractivity contribution in [2.24, 2.45) is 0 Å². The van der Waals surface area contributed by atoms with Crippen LogP contribution < -0.4 is 15.4 Å². The van der Waals surface area contributed by atoms with Crippen molar-refractivity contribution in [3.8, 4) is 0 Å². The number of rotatable bonds is 8. The van der Waals surface area contributed by atoms with Crippen LogP contribution >= 0.6 is 11.9 Å². The van der Waals surface area contributed by atoms with Gasteiger partial charge in [0.05, 0.1) is 5.56 Å².